The van der Waals surface area contributed by atoms with Gasteiger partial charge in [-0.1, -0.05) is 27.7 Å². The van der Waals surface area contributed by atoms with E-state index in [4.69, 9.17) is 5.73 Å². The summed E-state index contributed by atoms with van der Waals surface area (Å²) in [6.07, 6.45) is 4.16. The molecule has 20 heavy (non-hydrogen) atoms. The first-order valence-corrected chi connectivity index (χ1v) is 7.68. The molecule has 1 aliphatic carbocycles. The largest absolute Gasteiger partial charge is 0.370 e. The molecule has 1 saturated carbocycles. The van der Waals surface area contributed by atoms with Gasteiger partial charge in [0.05, 0.1) is 0 Å². The van der Waals surface area contributed by atoms with Gasteiger partial charge in [0.25, 0.3) is 0 Å². The van der Waals surface area contributed by atoms with Crippen molar-refractivity contribution in [2.45, 2.75) is 65.8 Å². The third-order valence-corrected chi connectivity index (χ3v) is 4.81. The summed E-state index contributed by atoms with van der Waals surface area (Å²) >= 11 is 0. The van der Waals surface area contributed by atoms with Crippen LogP contribution in [0.4, 0.5) is 0 Å². The van der Waals surface area contributed by atoms with Crippen molar-refractivity contribution in [3.05, 3.63) is 0 Å². The second-order valence-corrected chi connectivity index (χ2v) is 8.22. The Morgan fingerprint density at radius 2 is 1.90 bits per heavy atom. The van der Waals surface area contributed by atoms with Gasteiger partial charge >= 0.3 is 0 Å². The maximum atomic E-state index is 12.5. The molecule has 3 atom stereocenters. The van der Waals surface area contributed by atoms with E-state index < -0.39 is 0 Å². The van der Waals surface area contributed by atoms with Crippen LogP contribution in [0.15, 0.2) is 0 Å². The normalized spacial score (nSPS) is 33.0. The first kappa shape index (κ1) is 15.3. The zero-order chi connectivity index (χ0) is 15.1. The monoisotopic (exact) mass is 280 g/mol. The molecule has 2 rings (SSSR count). The number of nitrogens with two attached hydrogens (primary N) is 1. The Kier molecular flexibility index (Phi) is 3.87. The van der Waals surface area contributed by atoms with Crippen LogP contribution in [-0.2, 0) is 9.59 Å². The Bertz CT molecular complexity index is 419. The van der Waals surface area contributed by atoms with Crippen molar-refractivity contribution in [1.82, 2.24) is 4.90 Å². The molecular formula is C16H28N2O2. The Labute approximate surface area is 122 Å². The standard InChI is InChI=1S/C16H28N2O2/c1-11(5-13(17)19)6-14(20)18-10-16(4)8-12(18)7-15(2,3)9-16/h11-12H,5-10H2,1-4H3,(H2,17,19). The highest BCUT2D eigenvalue weighted by molar-refractivity contribution is 5.79. The second kappa shape index (κ2) is 5.05. The quantitative estimate of drug-likeness (QED) is 0.859. The van der Waals surface area contributed by atoms with Crippen LogP contribution in [0, 0.1) is 16.7 Å². The van der Waals surface area contributed by atoms with E-state index in [9.17, 15) is 9.59 Å². The molecule has 0 spiro atoms. The molecule has 0 radical (unpaired) electrons. The fourth-order valence-electron chi connectivity index (χ4n) is 4.58. The molecule has 4 nitrogen and oxygen atoms in total. The molecule has 0 aromatic rings. The van der Waals surface area contributed by atoms with Crippen molar-refractivity contribution in [3.63, 3.8) is 0 Å². The van der Waals surface area contributed by atoms with Gasteiger partial charge in [-0.25, -0.2) is 0 Å². The first-order valence-electron chi connectivity index (χ1n) is 7.68. The van der Waals surface area contributed by atoms with Crippen LogP contribution in [0.5, 0.6) is 0 Å². The number of fused-ring (bicyclic) bond motifs is 2. The van der Waals surface area contributed by atoms with E-state index in [1.807, 2.05) is 6.92 Å². The van der Waals surface area contributed by atoms with E-state index >= 15 is 0 Å². The fourth-order valence-corrected chi connectivity index (χ4v) is 4.58. The molecule has 3 unspecified atom stereocenters. The Morgan fingerprint density at radius 3 is 2.50 bits per heavy atom. The van der Waals surface area contributed by atoms with Crippen molar-refractivity contribution in [3.8, 4) is 0 Å². The van der Waals surface area contributed by atoms with Crippen LogP contribution >= 0.6 is 0 Å². The van der Waals surface area contributed by atoms with Crippen LogP contribution in [0.3, 0.4) is 0 Å². The van der Waals surface area contributed by atoms with Crippen LogP contribution in [0.2, 0.25) is 0 Å². The van der Waals surface area contributed by atoms with Gasteiger partial charge in [-0.3, -0.25) is 9.59 Å². The van der Waals surface area contributed by atoms with Gasteiger partial charge in [0.2, 0.25) is 11.8 Å². The fraction of sp³-hybridized carbons (Fsp3) is 0.875. The Balaban J connectivity index is 2.00. The molecule has 0 aromatic heterocycles. The number of carbonyl (C=O) groups excluding carboxylic acids is 2. The number of likely N-dealkylation sites (tertiary alicyclic amines) is 1. The topological polar surface area (TPSA) is 63.4 Å². The zero-order valence-corrected chi connectivity index (χ0v) is 13.2. The number of carbonyl (C=O) groups is 2. The molecule has 114 valence electrons. The zero-order valence-electron chi connectivity index (χ0n) is 13.2. The van der Waals surface area contributed by atoms with Crippen molar-refractivity contribution in [2.24, 2.45) is 22.5 Å². The van der Waals surface area contributed by atoms with Crippen molar-refractivity contribution in [1.29, 1.82) is 0 Å². The van der Waals surface area contributed by atoms with Crippen molar-refractivity contribution < 1.29 is 9.59 Å². The van der Waals surface area contributed by atoms with Crippen molar-refractivity contribution in [2.75, 3.05) is 6.54 Å². The number of rotatable bonds is 4. The van der Waals surface area contributed by atoms with Gasteiger partial charge in [-0.2, -0.15) is 0 Å². The number of primary amides is 1. The highest BCUT2D eigenvalue weighted by Gasteiger charge is 2.50. The van der Waals surface area contributed by atoms with Gasteiger partial charge in [-0.05, 0) is 36.0 Å². The lowest BCUT2D eigenvalue weighted by atomic mass is 9.65. The lowest BCUT2D eigenvalue weighted by Gasteiger charge is -2.39. The number of nitrogens with zero attached hydrogens (tertiary/aromatic N) is 1. The van der Waals surface area contributed by atoms with E-state index in [0.717, 1.165) is 19.4 Å². The Hall–Kier alpha value is -1.06. The lowest BCUT2D eigenvalue weighted by Crippen LogP contribution is -2.38. The summed E-state index contributed by atoms with van der Waals surface area (Å²) in [4.78, 5) is 25.5. The van der Waals surface area contributed by atoms with Crippen LogP contribution in [0.1, 0.15) is 59.8 Å². The molecule has 1 saturated heterocycles. The van der Waals surface area contributed by atoms with Crippen LogP contribution in [0.25, 0.3) is 0 Å². The minimum atomic E-state index is -0.321. The molecule has 2 N–H and O–H groups in total. The molecule has 2 bridgehead atoms. The van der Waals surface area contributed by atoms with Gasteiger partial charge in [0, 0.05) is 25.4 Å². The van der Waals surface area contributed by atoms with Gasteiger partial charge in [-0.15, -0.1) is 0 Å². The molecule has 4 heteroatoms. The van der Waals surface area contributed by atoms with E-state index in [1.165, 1.54) is 6.42 Å². The number of hydrogen-bond donors (Lipinski definition) is 1. The average molecular weight is 280 g/mol. The van der Waals surface area contributed by atoms with E-state index in [-0.39, 0.29) is 23.1 Å². The minimum Gasteiger partial charge on any atom is -0.370 e. The molecule has 1 heterocycles. The summed E-state index contributed by atoms with van der Waals surface area (Å²) in [7, 11) is 0. The smallest absolute Gasteiger partial charge is 0.223 e. The number of amides is 2. The van der Waals surface area contributed by atoms with Crippen LogP contribution in [-0.4, -0.2) is 29.3 Å². The molecule has 1 aliphatic heterocycles. The summed E-state index contributed by atoms with van der Waals surface area (Å²) in [5, 5.41) is 0. The van der Waals surface area contributed by atoms with Gasteiger partial charge < -0.3 is 10.6 Å². The summed E-state index contributed by atoms with van der Waals surface area (Å²) in [6.45, 7) is 9.73. The average Bonchev–Trinajstić information content (AvgIpc) is 2.46. The molecule has 2 amide bonds. The summed E-state index contributed by atoms with van der Waals surface area (Å²) in [5.74, 6) is -0.0787. The molecule has 2 fully saturated rings. The predicted octanol–water partition coefficient (Wildman–Crippen LogP) is 2.32. The van der Waals surface area contributed by atoms with E-state index in [2.05, 4.69) is 25.7 Å². The highest BCUT2D eigenvalue weighted by Crippen LogP contribution is 2.52. The first-order chi connectivity index (χ1) is 9.10. The number of hydrogen-bond acceptors (Lipinski definition) is 2. The van der Waals surface area contributed by atoms with Gasteiger partial charge in [0.15, 0.2) is 0 Å². The Morgan fingerprint density at radius 1 is 1.25 bits per heavy atom. The molecule has 0 aromatic carbocycles. The summed E-state index contributed by atoms with van der Waals surface area (Å²) in [5.41, 5.74) is 5.80. The van der Waals surface area contributed by atoms with Gasteiger partial charge in [0.1, 0.15) is 0 Å². The summed E-state index contributed by atoms with van der Waals surface area (Å²) < 4.78 is 0. The van der Waals surface area contributed by atoms with E-state index in [0.29, 0.717) is 24.3 Å². The molecular weight excluding hydrogens is 252 g/mol. The van der Waals surface area contributed by atoms with Crippen LogP contribution < -0.4 is 5.73 Å². The molecule has 2 aliphatic rings. The third kappa shape index (κ3) is 3.33. The maximum absolute atomic E-state index is 12.5. The lowest BCUT2D eigenvalue weighted by molar-refractivity contribution is -0.133. The van der Waals surface area contributed by atoms with E-state index in [1.54, 1.807) is 0 Å². The third-order valence-electron chi connectivity index (χ3n) is 4.81. The summed E-state index contributed by atoms with van der Waals surface area (Å²) in [6, 6.07) is 0.386. The minimum absolute atomic E-state index is 0.0428. The SMILES string of the molecule is CC(CC(N)=O)CC(=O)N1CC2(C)CC1CC(C)(C)C2. The van der Waals surface area contributed by atoms with Crippen molar-refractivity contribution >= 4 is 11.8 Å². The highest BCUT2D eigenvalue weighted by atomic mass is 16.2. The predicted molar refractivity (Wildman–Crippen MR) is 78.8 cm³/mol. The maximum Gasteiger partial charge on any atom is 0.223 e. The second-order valence-electron chi connectivity index (χ2n) is 8.22.